The van der Waals surface area contributed by atoms with Gasteiger partial charge in [0.2, 0.25) is 5.91 Å². The molecule has 1 heterocycles. The number of esters is 1. The molecule has 0 unspecified atom stereocenters. The van der Waals surface area contributed by atoms with E-state index in [1.165, 1.54) is 19.1 Å². The summed E-state index contributed by atoms with van der Waals surface area (Å²) in [5.74, 6) is -0.543. The van der Waals surface area contributed by atoms with Gasteiger partial charge in [0.15, 0.2) is 0 Å². The van der Waals surface area contributed by atoms with Crippen LogP contribution in [0.3, 0.4) is 0 Å². The number of ether oxygens (including phenoxy) is 2. The molecule has 7 nitrogen and oxygen atoms in total. The van der Waals surface area contributed by atoms with Crippen molar-refractivity contribution >= 4 is 17.8 Å². The van der Waals surface area contributed by atoms with Gasteiger partial charge < -0.3 is 19.7 Å². The van der Waals surface area contributed by atoms with Crippen molar-refractivity contribution in [3.63, 3.8) is 0 Å². The van der Waals surface area contributed by atoms with Crippen LogP contribution in [0.25, 0.3) is 0 Å². The van der Waals surface area contributed by atoms with Crippen molar-refractivity contribution in [1.29, 1.82) is 0 Å². The molecule has 0 radical (unpaired) electrons. The maximum atomic E-state index is 12.6. The van der Waals surface area contributed by atoms with Crippen LogP contribution in [0.15, 0.2) is 24.3 Å². The standard InChI is InChI=1S/C15H18N2O5/c1-21-11-5-3-10(4-6-11)15(20)17-8-7-16-14(19)12(17)9-13(18)22-2/h3-6,12H,7-9H2,1-2H3,(H,16,19)/t12-/m0/s1. The van der Waals surface area contributed by atoms with Crippen molar-refractivity contribution in [1.82, 2.24) is 10.2 Å². The molecule has 0 aromatic heterocycles. The van der Waals surface area contributed by atoms with Gasteiger partial charge in [0, 0.05) is 18.7 Å². The topological polar surface area (TPSA) is 84.9 Å². The van der Waals surface area contributed by atoms with Gasteiger partial charge >= 0.3 is 5.97 Å². The van der Waals surface area contributed by atoms with E-state index in [4.69, 9.17) is 4.74 Å². The second-order valence-electron chi connectivity index (χ2n) is 4.81. The number of hydrogen-bond donors (Lipinski definition) is 1. The normalized spacial score (nSPS) is 17.6. The molecule has 1 saturated heterocycles. The van der Waals surface area contributed by atoms with E-state index in [1.54, 1.807) is 24.3 Å². The van der Waals surface area contributed by atoms with Crippen LogP contribution in [0.4, 0.5) is 0 Å². The fourth-order valence-corrected chi connectivity index (χ4v) is 2.30. The average molecular weight is 306 g/mol. The third-order valence-electron chi connectivity index (χ3n) is 3.52. The molecular weight excluding hydrogens is 288 g/mol. The van der Waals surface area contributed by atoms with Crippen LogP contribution in [0, 0.1) is 0 Å². The number of nitrogens with zero attached hydrogens (tertiary/aromatic N) is 1. The smallest absolute Gasteiger partial charge is 0.308 e. The van der Waals surface area contributed by atoms with E-state index in [-0.39, 0.29) is 18.2 Å². The van der Waals surface area contributed by atoms with Gasteiger partial charge in [0.25, 0.3) is 5.91 Å². The molecule has 22 heavy (non-hydrogen) atoms. The summed E-state index contributed by atoms with van der Waals surface area (Å²) in [6, 6.07) is 5.75. The Labute approximate surface area is 128 Å². The molecule has 1 fully saturated rings. The number of piperazine rings is 1. The first-order chi connectivity index (χ1) is 10.6. The minimum atomic E-state index is -0.851. The minimum Gasteiger partial charge on any atom is -0.497 e. The van der Waals surface area contributed by atoms with Gasteiger partial charge in [-0.1, -0.05) is 0 Å². The Morgan fingerprint density at radius 3 is 2.55 bits per heavy atom. The summed E-state index contributed by atoms with van der Waals surface area (Å²) < 4.78 is 9.64. The Hall–Kier alpha value is -2.57. The fraction of sp³-hybridized carbons (Fsp3) is 0.400. The van der Waals surface area contributed by atoms with Crippen LogP contribution in [-0.2, 0) is 14.3 Å². The van der Waals surface area contributed by atoms with Crippen molar-refractivity contribution in [3.05, 3.63) is 29.8 Å². The first-order valence-corrected chi connectivity index (χ1v) is 6.86. The molecule has 7 heteroatoms. The van der Waals surface area contributed by atoms with Gasteiger partial charge in [-0.2, -0.15) is 0 Å². The van der Waals surface area contributed by atoms with Crippen molar-refractivity contribution < 1.29 is 23.9 Å². The highest BCUT2D eigenvalue weighted by Gasteiger charge is 2.35. The van der Waals surface area contributed by atoms with Crippen molar-refractivity contribution in [2.75, 3.05) is 27.3 Å². The zero-order chi connectivity index (χ0) is 16.1. The molecule has 118 valence electrons. The Morgan fingerprint density at radius 1 is 1.27 bits per heavy atom. The zero-order valence-electron chi connectivity index (χ0n) is 12.5. The van der Waals surface area contributed by atoms with E-state index < -0.39 is 12.0 Å². The van der Waals surface area contributed by atoms with E-state index in [1.807, 2.05) is 0 Å². The third kappa shape index (κ3) is 3.36. The lowest BCUT2D eigenvalue weighted by atomic mass is 10.1. The van der Waals surface area contributed by atoms with Crippen LogP contribution in [-0.4, -0.2) is 56.0 Å². The highest BCUT2D eigenvalue weighted by molar-refractivity contribution is 5.99. The number of amides is 2. The number of carbonyl (C=O) groups is 3. The van der Waals surface area contributed by atoms with Gasteiger partial charge in [-0.05, 0) is 24.3 Å². The number of carbonyl (C=O) groups excluding carboxylic acids is 3. The van der Waals surface area contributed by atoms with Crippen molar-refractivity contribution in [2.45, 2.75) is 12.5 Å². The SMILES string of the molecule is COC(=O)C[C@H]1C(=O)NCCN1C(=O)c1ccc(OC)cc1. The summed E-state index contributed by atoms with van der Waals surface area (Å²) in [5.41, 5.74) is 0.436. The Balaban J connectivity index is 2.19. The van der Waals surface area contributed by atoms with Crippen molar-refractivity contribution in [2.24, 2.45) is 0 Å². The second kappa shape index (κ2) is 6.93. The van der Waals surface area contributed by atoms with Gasteiger partial charge in [0.05, 0.1) is 20.6 Å². The monoisotopic (exact) mass is 306 g/mol. The molecule has 0 saturated carbocycles. The lowest BCUT2D eigenvalue weighted by Crippen LogP contribution is -2.57. The lowest BCUT2D eigenvalue weighted by molar-refractivity contribution is -0.145. The van der Waals surface area contributed by atoms with Crippen molar-refractivity contribution in [3.8, 4) is 5.75 Å². The van der Waals surface area contributed by atoms with Gasteiger partial charge in [-0.15, -0.1) is 0 Å². The molecule has 1 atom stereocenters. The highest BCUT2D eigenvalue weighted by Crippen LogP contribution is 2.17. The molecule has 0 spiro atoms. The molecule has 2 amide bonds. The highest BCUT2D eigenvalue weighted by atomic mass is 16.5. The number of nitrogens with one attached hydrogen (secondary N) is 1. The Morgan fingerprint density at radius 2 is 1.95 bits per heavy atom. The maximum absolute atomic E-state index is 12.6. The van der Waals surface area contributed by atoms with Gasteiger partial charge in [0.1, 0.15) is 11.8 Å². The van der Waals surface area contributed by atoms with Gasteiger partial charge in [-0.25, -0.2) is 0 Å². The maximum Gasteiger partial charge on any atom is 0.308 e. The van der Waals surface area contributed by atoms with Crippen LogP contribution in [0.2, 0.25) is 0 Å². The van der Waals surface area contributed by atoms with Crippen LogP contribution in [0.5, 0.6) is 5.75 Å². The summed E-state index contributed by atoms with van der Waals surface area (Å²) in [7, 11) is 2.79. The molecule has 1 aromatic carbocycles. The van der Waals surface area contributed by atoms with Crippen LogP contribution >= 0.6 is 0 Å². The molecule has 0 aliphatic carbocycles. The number of rotatable bonds is 4. The average Bonchev–Trinajstić information content (AvgIpc) is 2.56. The first-order valence-electron chi connectivity index (χ1n) is 6.86. The summed E-state index contributed by atoms with van der Waals surface area (Å²) >= 11 is 0. The van der Waals surface area contributed by atoms with E-state index in [0.29, 0.717) is 24.4 Å². The van der Waals surface area contributed by atoms with E-state index in [2.05, 4.69) is 10.1 Å². The molecular formula is C15H18N2O5. The molecule has 0 bridgehead atoms. The second-order valence-corrected chi connectivity index (χ2v) is 4.81. The van der Waals surface area contributed by atoms with E-state index in [0.717, 1.165) is 0 Å². The zero-order valence-corrected chi connectivity index (χ0v) is 12.5. The molecule has 1 aliphatic heterocycles. The van der Waals surface area contributed by atoms with E-state index in [9.17, 15) is 14.4 Å². The van der Waals surface area contributed by atoms with Crippen LogP contribution < -0.4 is 10.1 Å². The number of hydrogen-bond acceptors (Lipinski definition) is 5. The Kier molecular flexibility index (Phi) is 4.98. The molecule has 1 N–H and O–H groups in total. The first kappa shape index (κ1) is 15.8. The largest absolute Gasteiger partial charge is 0.497 e. The lowest BCUT2D eigenvalue weighted by Gasteiger charge is -2.34. The predicted molar refractivity (Wildman–Crippen MR) is 77.5 cm³/mol. The van der Waals surface area contributed by atoms with Gasteiger partial charge in [-0.3, -0.25) is 14.4 Å². The number of methoxy groups -OCH3 is 2. The third-order valence-corrected chi connectivity index (χ3v) is 3.52. The minimum absolute atomic E-state index is 0.162. The van der Waals surface area contributed by atoms with Crippen LogP contribution in [0.1, 0.15) is 16.8 Å². The Bertz CT molecular complexity index is 570. The molecule has 2 rings (SSSR count). The quantitative estimate of drug-likeness (QED) is 0.803. The molecule has 1 aromatic rings. The van der Waals surface area contributed by atoms with E-state index >= 15 is 0 Å². The fourth-order valence-electron chi connectivity index (χ4n) is 2.30. The summed E-state index contributed by atoms with van der Waals surface area (Å²) in [6.45, 7) is 0.705. The predicted octanol–water partition coefficient (Wildman–Crippen LogP) is 0.199. The number of benzene rings is 1. The summed E-state index contributed by atoms with van der Waals surface area (Å²) in [5, 5.41) is 2.66. The summed E-state index contributed by atoms with van der Waals surface area (Å²) in [6.07, 6.45) is -0.162. The molecule has 1 aliphatic rings. The summed E-state index contributed by atoms with van der Waals surface area (Å²) in [4.78, 5) is 37.4.